The molecule has 9 heteroatoms. The number of hydrogen-bond donors (Lipinski definition) is 2. The Morgan fingerprint density at radius 3 is 2.22 bits per heavy atom. The van der Waals surface area contributed by atoms with Gasteiger partial charge in [-0.05, 0) is 76.3 Å². The molecule has 0 aliphatic carbocycles. The third kappa shape index (κ3) is 8.82. The van der Waals surface area contributed by atoms with Crippen molar-refractivity contribution in [2.24, 2.45) is 4.99 Å². The van der Waals surface area contributed by atoms with Crippen molar-refractivity contribution < 1.29 is 23.8 Å². The highest BCUT2D eigenvalue weighted by Crippen LogP contribution is 2.43. The lowest BCUT2D eigenvalue weighted by Gasteiger charge is -2.31. The van der Waals surface area contributed by atoms with Gasteiger partial charge in [-0.15, -0.1) is 0 Å². The predicted molar refractivity (Wildman–Crippen MR) is 202 cm³/mol. The number of aliphatic hydroxyl groups excluding tert-OH is 1. The van der Waals surface area contributed by atoms with E-state index >= 15 is 0 Å². The standard InChI is InChI=1S/C41H38BrFN2O4S/c42-35-17-7-29(8-18-35)27-41(40(47)44-23-26-50-28-30-9-19-36(43)20-10-30)38(33-13-11-32(12-14-33)31-5-2-1-3-6-31)49-39(45-41)34-15-21-37(22-16-34)48-25-4-24-46/h1-3,5-22,38,46H,4,23-28H2,(H,44,47)/t38-,41-/m1/s1. The minimum Gasteiger partial charge on any atom is -0.494 e. The Morgan fingerprint density at radius 2 is 1.52 bits per heavy atom. The van der Waals surface area contributed by atoms with E-state index in [0.29, 0.717) is 49.1 Å². The molecule has 5 aromatic carbocycles. The molecule has 0 aromatic heterocycles. The van der Waals surface area contributed by atoms with E-state index in [1.165, 1.54) is 12.1 Å². The highest BCUT2D eigenvalue weighted by molar-refractivity contribution is 9.10. The second-order valence-corrected chi connectivity index (χ2v) is 14.0. The number of nitrogens with zero attached hydrogens (tertiary/aromatic N) is 1. The van der Waals surface area contributed by atoms with E-state index in [1.54, 1.807) is 23.9 Å². The van der Waals surface area contributed by atoms with E-state index in [-0.39, 0.29) is 18.3 Å². The van der Waals surface area contributed by atoms with Gasteiger partial charge in [0.2, 0.25) is 5.90 Å². The smallest absolute Gasteiger partial charge is 0.252 e. The van der Waals surface area contributed by atoms with Crippen molar-refractivity contribution in [2.75, 3.05) is 25.5 Å². The van der Waals surface area contributed by atoms with Crippen LogP contribution in [0, 0.1) is 5.82 Å². The molecule has 0 fully saturated rings. The maximum atomic E-state index is 14.6. The van der Waals surface area contributed by atoms with Crippen LogP contribution in [0.4, 0.5) is 4.39 Å². The van der Waals surface area contributed by atoms with E-state index in [0.717, 1.165) is 37.9 Å². The van der Waals surface area contributed by atoms with Gasteiger partial charge in [-0.25, -0.2) is 9.38 Å². The molecule has 0 unspecified atom stereocenters. The van der Waals surface area contributed by atoms with Gasteiger partial charge in [-0.3, -0.25) is 4.79 Å². The van der Waals surface area contributed by atoms with Crippen LogP contribution in [0.5, 0.6) is 5.75 Å². The lowest BCUT2D eigenvalue weighted by Crippen LogP contribution is -2.50. The van der Waals surface area contributed by atoms with Gasteiger partial charge in [-0.2, -0.15) is 11.8 Å². The Bertz CT molecular complexity index is 1870. The number of aliphatic hydroxyl groups is 1. The van der Waals surface area contributed by atoms with Crippen molar-refractivity contribution >= 4 is 39.5 Å². The number of halogens is 2. The second kappa shape index (κ2) is 17.0. The van der Waals surface area contributed by atoms with E-state index in [4.69, 9.17) is 19.6 Å². The number of nitrogens with one attached hydrogen (secondary N) is 1. The summed E-state index contributed by atoms with van der Waals surface area (Å²) in [6.07, 6.45) is 0.144. The Labute approximate surface area is 304 Å². The number of carbonyl (C=O) groups excluding carboxylic acids is 1. The lowest BCUT2D eigenvalue weighted by atomic mass is 9.81. The van der Waals surface area contributed by atoms with Crippen molar-refractivity contribution in [2.45, 2.75) is 30.2 Å². The first kappa shape index (κ1) is 35.4. The monoisotopic (exact) mass is 752 g/mol. The Morgan fingerprint density at radius 1 is 0.860 bits per heavy atom. The number of ether oxygens (including phenoxy) is 2. The summed E-state index contributed by atoms with van der Waals surface area (Å²) >= 11 is 5.20. The van der Waals surface area contributed by atoms with Crippen LogP contribution >= 0.6 is 27.7 Å². The molecule has 1 aliphatic rings. The third-order valence-electron chi connectivity index (χ3n) is 8.45. The van der Waals surface area contributed by atoms with Crippen LogP contribution in [0.15, 0.2) is 137 Å². The molecule has 1 aliphatic heterocycles. The molecular formula is C41H38BrFN2O4S. The van der Waals surface area contributed by atoms with Crippen LogP contribution < -0.4 is 10.1 Å². The molecule has 5 aromatic rings. The average Bonchev–Trinajstić information content (AvgIpc) is 3.54. The van der Waals surface area contributed by atoms with Gasteiger partial charge in [-0.1, -0.05) is 94.8 Å². The first-order valence-electron chi connectivity index (χ1n) is 16.5. The van der Waals surface area contributed by atoms with Gasteiger partial charge in [0.05, 0.1) is 6.61 Å². The van der Waals surface area contributed by atoms with Gasteiger partial charge in [0.15, 0.2) is 11.6 Å². The van der Waals surface area contributed by atoms with Gasteiger partial charge in [0.1, 0.15) is 11.6 Å². The highest BCUT2D eigenvalue weighted by Gasteiger charge is 2.53. The fourth-order valence-corrected chi connectivity index (χ4v) is 6.92. The maximum Gasteiger partial charge on any atom is 0.252 e. The van der Waals surface area contributed by atoms with Crippen LogP contribution in [0.1, 0.15) is 34.8 Å². The van der Waals surface area contributed by atoms with Crippen LogP contribution in [-0.4, -0.2) is 48.0 Å². The molecule has 0 radical (unpaired) electrons. The molecule has 256 valence electrons. The fraction of sp³-hybridized carbons (Fsp3) is 0.220. The molecule has 6 rings (SSSR count). The van der Waals surface area contributed by atoms with Crippen molar-refractivity contribution in [1.29, 1.82) is 0 Å². The summed E-state index contributed by atoms with van der Waals surface area (Å²) in [7, 11) is 0. The number of amides is 1. The Balaban J connectivity index is 1.31. The molecule has 0 saturated carbocycles. The first-order valence-corrected chi connectivity index (χ1v) is 18.5. The zero-order chi connectivity index (χ0) is 34.8. The molecule has 50 heavy (non-hydrogen) atoms. The SMILES string of the molecule is O=C(NCCSCc1ccc(F)cc1)[C@]1(Cc2ccc(Br)cc2)N=C(c2ccc(OCCCO)cc2)O[C@@H]1c1ccc(-c2ccccc2)cc1. The summed E-state index contributed by atoms with van der Waals surface area (Å²) in [5.41, 5.74) is 4.39. The van der Waals surface area contributed by atoms with Crippen molar-refractivity contribution in [3.63, 3.8) is 0 Å². The van der Waals surface area contributed by atoms with Crippen molar-refractivity contribution in [1.82, 2.24) is 5.32 Å². The van der Waals surface area contributed by atoms with Gasteiger partial charge >= 0.3 is 0 Å². The topological polar surface area (TPSA) is 80.2 Å². The summed E-state index contributed by atoms with van der Waals surface area (Å²) in [5, 5.41) is 12.3. The van der Waals surface area contributed by atoms with Crippen LogP contribution in [0.2, 0.25) is 0 Å². The molecule has 1 amide bonds. The number of aliphatic imine (C=N–C) groups is 1. The summed E-state index contributed by atoms with van der Waals surface area (Å²) in [5.74, 6) is 1.95. The van der Waals surface area contributed by atoms with Crippen molar-refractivity contribution in [3.05, 3.63) is 160 Å². The number of hydrogen-bond acceptors (Lipinski definition) is 6. The molecule has 0 saturated heterocycles. The third-order valence-corrected chi connectivity index (χ3v) is 10.0. The fourth-order valence-electron chi connectivity index (χ4n) is 5.84. The highest BCUT2D eigenvalue weighted by atomic mass is 79.9. The number of thioether (sulfide) groups is 1. The normalized spacial score (nSPS) is 16.8. The van der Waals surface area contributed by atoms with Crippen molar-refractivity contribution in [3.8, 4) is 16.9 Å². The minimum absolute atomic E-state index is 0.0614. The molecule has 0 bridgehead atoms. The molecule has 0 spiro atoms. The summed E-state index contributed by atoms with van der Waals surface area (Å²) in [6, 6.07) is 40.2. The number of carbonyl (C=O) groups is 1. The molecule has 1 heterocycles. The molecular weight excluding hydrogens is 715 g/mol. The molecule has 6 nitrogen and oxygen atoms in total. The summed E-state index contributed by atoms with van der Waals surface area (Å²) in [6.45, 7) is 0.899. The Kier molecular flexibility index (Phi) is 12.0. The molecule has 2 N–H and O–H groups in total. The minimum atomic E-state index is -1.31. The predicted octanol–water partition coefficient (Wildman–Crippen LogP) is 8.57. The van der Waals surface area contributed by atoms with E-state index in [2.05, 4.69) is 45.5 Å². The zero-order valence-electron chi connectivity index (χ0n) is 27.4. The van der Waals surface area contributed by atoms with E-state index < -0.39 is 11.6 Å². The zero-order valence-corrected chi connectivity index (χ0v) is 29.8. The lowest BCUT2D eigenvalue weighted by molar-refractivity contribution is -0.128. The second-order valence-electron chi connectivity index (χ2n) is 12.0. The Hall–Kier alpha value is -4.44. The maximum absolute atomic E-state index is 14.6. The number of rotatable bonds is 15. The number of benzene rings is 5. The summed E-state index contributed by atoms with van der Waals surface area (Å²) in [4.78, 5) is 19.7. The van der Waals surface area contributed by atoms with Crippen LogP contribution in [0.3, 0.4) is 0 Å². The van der Waals surface area contributed by atoms with Gasteiger partial charge < -0.3 is 19.9 Å². The van der Waals surface area contributed by atoms with Gasteiger partial charge in [0.25, 0.3) is 5.91 Å². The van der Waals surface area contributed by atoms with Gasteiger partial charge in [0, 0.05) is 47.5 Å². The largest absolute Gasteiger partial charge is 0.494 e. The quantitative estimate of drug-likeness (QED) is 0.105. The van der Waals surface area contributed by atoms with E-state index in [1.807, 2.05) is 78.9 Å². The van der Waals surface area contributed by atoms with E-state index in [9.17, 15) is 9.18 Å². The summed E-state index contributed by atoms with van der Waals surface area (Å²) < 4.78 is 26.8. The average molecular weight is 754 g/mol. The van der Waals surface area contributed by atoms with Crippen LogP contribution in [0.25, 0.3) is 11.1 Å². The first-order chi connectivity index (χ1) is 24.4. The van der Waals surface area contributed by atoms with Crippen LogP contribution in [-0.2, 0) is 21.7 Å². The molecule has 2 atom stereocenters.